The highest BCUT2D eigenvalue weighted by molar-refractivity contribution is 7.09. The molecule has 0 saturated heterocycles. The second kappa shape index (κ2) is 9.24. The SMILES string of the molecule is CCOc1ccc(CCNC(=O)c2csc(CN)n2)cc1OCC. The Morgan fingerprint density at radius 3 is 2.67 bits per heavy atom. The quantitative estimate of drug-likeness (QED) is 0.726. The van der Waals surface area contributed by atoms with Crippen molar-refractivity contribution in [3.8, 4) is 11.5 Å². The Labute approximate surface area is 146 Å². The molecule has 1 aromatic heterocycles. The van der Waals surface area contributed by atoms with Gasteiger partial charge in [-0.3, -0.25) is 4.79 Å². The first kappa shape index (κ1) is 18.2. The summed E-state index contributed by atoms with van der Waals surface area (Å²) in [4.78, 5) is 16.2. The van der Waals surface area contributed by atoms with Crippen LogP contribution in [0.1, 0.15) is 34.9 Å². The second-order valence-electron chi connectivity index (χ2n) is 4.98. The Morgan fingerprint density at radius 2 is 2.00 bits per heavy atom. The summed E-state index contributed by atoms with van der Waals surface area (Å²) in [5.74, 6) is 1.29. The molecule has 0 atom stereocenters. The number of nitrogens with zero attached hydrogens (tertiary/aromatic N) is 1. The molecule has 0 saturated carbocycles. The van der Waals surface area contributed by atoms with Crippen molar-refractivity contribution >= 4 is 17.2 Å². The molecule has 0 radical (unpaired) electrons. The minimum absolute atomic E-state index is 0.179. The van der Waals surface area contributed by atoms with E-state index in [0.29, 0.717) is 38.4 Å². The summed E-state index contributed by atoms with van der Waals surface area (Å²) in [6.07, 6.45) is 0.700. The third-order valence-corrected chi connectivity index (χ3v) is 4.14. The van der Waals surface area contributed by atoms with Crippen LogP contribution < -0.4 is 20.5 Å². The van der Waals surface area contributed by atoms with E-state index in [-0.39, 0.29) is 5.91 Å². The number of thiazole rings is 1. The molecule has 0 bridgehead atoms. The summed E-state index contributed by atoms with van der Waals surface area (Å²) in [7, 11) is 0. The van der Waals surface area contributed by atoms with Gasteiger partial charge in [-0.05, 0) is 38.0 Å². The molecule has 0 unspecified atom stereocenters. The van der Waals surface area contributed by atoms with Gasteiger partial charge in [-0.2, -0.15) is 0 Å². The molecule has 0 aliphatic carbocycles. The van der Waals surface area contributed by atoms with Gasteiger partial charge in [-0.25, -0.2) is 4.98 Å². The highest BCUT2D eigenvalue weighted by Gasteiger charge is 2.10. The molecule has 7 heteroatoms. The van der Waals surface area contributed by atoms with Crippen LogP contribution in [0.3, 0.4) is 0 Å². The number of benzene rings is 1. The molecule has 2 rings (SSSR count). The number of nitrogens with two attached hydrogens (primary N) is 1. The minimum atomic E-state index is -0.179. The lowest BCUT2D eigenvalue weighted by atomic mass is 10.1. The molecule has 6 nitrogen and oxygen atoms in total. The highest BCUT2D eigenvalue weighted by atomic mass is 32.1. The molecule has 1 amide bonds. The fourth-order valence-corrected chi connectivity index (χ4v) is 2.83. The Hall–Kier alpha value is -2.12. The van der Waals surface area contributed by atoms with Crippen molar-refractivity contribution in [3.05, 3.63) is 39.8 Å². The molecule has 3 N–H and O–H groups in total. The van der Waals surface area contributed by atoms with E-state index in [4.69, 9.17) is 15.2 Å². The van der Waals surface area contributed by atoms with Crippen molar-refractivity contribution in [1.29, 1.82) is 0 Å². The van der Waals surface area contributed by atoms with Crippen molar-refractivity contribution in [2.75, 3.05) is 19.8 Å². The molecular formula is C17H23N3O3S. The largest absolute Gasteiger partial charge is 0.490 e. The van der Waals surface area contributed by atoms with Crippen LogP contribution in [0.2, 0.25) is 0 Å². The van der Waals surface area contributed by atoms with E-state index in [0.717, 1.165) is 22.1 Å². The van der Waals surface area contributed by atoms with Crippen molar-refractivity contribution < 1.29 is 14.3 Å². The number of ether oxygens (including phenoxy) is 2. The lowest BCUT2D eigenvalue weighted by Gasteiger charge is -2.12. The van der Waals surface area contributed by atoms with Crippen molar-refractivity contribution in [1.82, 2.24) is 10.3 Å². The molecule has 0 aliphatic heterocycles. The van der Waals surface area contributed by atoms with Crippen molar-refractivity contribution in [2.45, 2.75) is 26.8 Å². The zero-order chi connectivity index (χ0) is 17.4. The highest BCUT2D eigenvalue weighted by Crippen LogP contribution is 2.28. The summed E-state index contributed by atoms with van der Waals surface area (Å²) in [6, 6.07) is 5.84. The summed E-state index contributed by atoms with van der Waals surface area (Å²) < 4.78 is 11.2. The fourth-order valence-electron chi connectivity index (χ4n) is 2.17. The van der Waals surface area contributed by atoms with E-state index in [9.17, 15) is 4.79 Å². The number of nitrogens with one attached hydrogen (secondary N) is 1. The average Bonchev–Trinajstić information content (AvgIpc) is 3.06. The van der Waals surface area contributed by atoms with E-state index < -0.39 is 0 Å². The maximum absolute atomic E-state index is 12.0. The van der Waals surface area contributed by atoms with E-state index in [1.807, 2.05) is 32.0 Å². The summed E-state index contributed by atoms with van der Waals surface area (Å²) in [5, 5.41) is 5.35. The topological polar surface area (TPSA) is 86.5 Å². The van der Waals surface area contributed by atoms with Gasteiger partial charge in [0.15, 0.2) is 11.5 Å². The predicted molar refractivity (Wildman–Crippen MR) is 94.8 cm³/mol. The molecule has 130 valence electrons. The lowest BCUT2D eigenvalue weighted by molar-refractivity contribution is 0.0949. The van der Waals surface area contributed by atoms with Gasteiger partial charge in [0, 0.05) is 18.5 Å². The number of hydrogen-bond donors (Lipinski definition) is 2. The van der Waals surface area contributed by atoms with E-state index >= 15 is 0 Å². The average molecular weight is 349 g/mol. The molecule has 0 aliphatic rings. The van der Waals surface area contributed by atoms with Gasteiger partial charge in [0.1, 0.15) is 10.7 Å². The van der Waals surface area contributed by atoms with E-state index in [1.54, 1.807) is 5.38 Å². The maximum atomic E-state index is 12.0. The minimum Gasteiger partial charge on any atom is -0.490 e. The molecule has 2 aromatic rings. The molecule has 24 heavy (non-hydrogen) atoms. The Balaban J connectivity index is 1.91. The van der Waals surface area contributed by atoms with Crippen LogP contribution in [0.5, 0.6) is 11.5 Å². The standard InChI is InChI=1S/C17H23N3O3S/c1-3-22-14-6-5-12(9-15(14)23-4-2)7-8-19-17(21)13-11-24-16(10-18)20-13/h5-6,9,11H,3-4,7-8,10,18H2,1-2H3,(H,19,21). The Bertz CT molecular complexity index is 673. The van der Waals surface area contributed by atoms with E-state index in [2.05, 4.69) is 10.3 Å². The first-order valence-electron chi connectivity index (χ1n) is 7.99. The zero-order valence-electron chi connectivity index (χ0n) is 14.0. The maximum Gasteiger partial charge on any atom is 0.270 e. The van der Waals surface area contributed by atoms with Crippen LogP contribution >= 0.6 is 11.3 Å². The second-order valence-corrected chi connectivity index (χ2v) is 5.93. The van der Waals surface area contributed by atoms with Crippen LogP contribution in [-0.4, -0.2) is 30.6 Å². The third kappa shape index (κ3) is 4.94. The van der Waals surface area contributed by atoms with Gasteiger partial charge in [-0.15, -0.1) is 11.3 Å². The monoisotopic (exact) mass is 349 g/mol. The summed E-state index contributed by atoms with van der Waals surface area (Å²) in [6.45, 7) is 5.92. The van der Waals surface area contributed by atoms with Gasteiger partial charge in [0.2, 0.25) is 0 Å². The summed E-state index contributed by atoms with van der Waals surface area (Å²) in [5.41, 5.74) is 7.00. The molecular weight excluding hydrogens is 326 g/mol. The van der Waals surface area contributed by atoms with Gasteiger partial charge >= 0.3 is 0 Å². The molecule has 0 spiro atoms. The molecule has 0 fully saturated rings. The number of hydrogen-bond acceptors (Lipinski definition) is 6. The Morgan fingerprint density at radius 1 is 1.25 bits per heavy atom. The van der Waals surface area contributed by atoms with Gasteiger partial charge in [-0.1, -0.05) is 6.07 Å². The lowest BCUT2D eigenvalue weighted by Crippen LogP contribution is -2.26. The smallest absolute Gasteiger partial charge is 0.270 e. The summed E-state index contributed by atoms with van der Waals surface area (Å²) >= 11 is 1.39. The van der Waals surface area contributed by atoms with Crippen LogP contribution in [0.4, 0.5) is 0 Å². The van der Waals surface area contributed by atoms with Crippen molar-refractivity contribution in [2.24, 2.45) is 5.73 Å². The number of carbonyl (C=O) groups is 1. The van der Waals surface area contributed by atoms with Crippen LogP contribution in [0.15, 0.2) is 23.6 Å². The van der Waals surface area contributed by atoms with Gasteiger partial charge in [0.05, 0.1) is 13.2 Å². The van der Waals surface area contributed by atoms with Gasteiger partial charge in [0.25, 0.3) is 5.91 Å². The van der Waals surface area contributed by atoms with Crippen LogP contribution in [0, 0.1) is 0 Å². The zero-order valence-corrected chi connectivity index (χ0v) is 14.8. The predicted octanol–water partition coefficient (Wildman–Crippen LogP) is 2.37. The Kier molecular flexibility index (Phi) is 7.02. The number of carbonyl (C=O) groups excluding carboxylic acids is 1. The van der Waals surface area contributed by atoms with Crippen LogP contribution in [0.25, 0.3) is 0 Å². The molecule has 1 heterocycles. The van der Waals surface area contributed by atoms with Crippen LogP contribution in [-0.2, 0) is 13.0 Å². The molecule has 1 aromatic carbocycles. The number of rotatable bonds is 9. The number of aromatic nitrogens is 1. The van der Waals surface area contributed by atoms with E-state index in [1.165, 1.54) is 11.3 Å². The van der Waals surface area contributed by atoms with Gasteiger partial charge < -0.3 is 20.5 Å². The fraction of sp³-hybridized carbons (Fsp3) is 0.412. The third-order valence-electron chi connectivity index (χ3n) is 3.27. The van der Waals surface area contributed by atoms with Crippen molar-refractivity contribution in [3.63, 3.8) is 0 Å². The first-order valence-corrected chi connectivity index (χ1v) is 8.87. The normalized spacial score (nSPS) is 10.5. The first-order chi connectivity index (χ1) is 11.7. The number of amides is 1.